The molecule has 2 unspecified atom stereocenters. The fraction of sp³-hybridized carbons (Fsp3) is 0.714. The minimum atomic E-state index is 0.269. The molecule has 96 valence electrons. The summed E-state index contributed by atoms with van der Waals surface area (Å²) in [5.74, 6) is 1.20. The molecule has 1 aromatic rings. The predicted molar refractivity (Wildman–Crippen MR) is 76.7 cm³/mol. The number of aryl methyl sites for hydroxylation is 1. The lowest BCUT2D eigenvalue weighted by Gasteiger charge is -2.25. The molecule has 0 aromatic carbocycles. The Hall–Kier alpha value is -0.410. The second-order valence-corrected chi connectivity index (χ2v) is 5.98. The van der Waals surface area contributed by atoms with Crippen LogP contribution in [0.4, 0.5) is 0 Å². The van der Waals surface area contributed by atoms with E-state index in [1.807, 2.05) is 11.8 Å². The van der Waals surface area contributed by atoms with Gasteiger partial charge in [0.1, 0.15) is 0 Å². The Labute approximate surface area is 109 Å². The molecular weight excluding hydrogens is 228 g/mol. The van der Waals surface area contributed by atoms with Gasteiger partial charge in [-0.1, -0.05) is 6.92 Å². The molecule has 0 fully saturated rings. The summed E-state index contributed by atoms with van der Waals surface area (Å²) in [6, 6.07) is 3.23. The summed E-state index contributed by atoms with van der Waals surface area (Å²) in [5.41, 5.74) is 10.5. The highest BCUT2D eigenvalue weighted by Gasteiger charge is 2.24. The average Bonchev–Trinajstić information content (AvgIpc) is 2.64. The largest absolute Gasteiger partial charge is 0.345 e. The Kier molecular flexibility index (Phi) is 4.21. The van der Waals surface area contributed by atoms with E-state index in [-0.39, 0.29) is 6.04 Å². The predicted octanol–water partition coefficient (Wildman–Crippen LogP) is 3.45. The second-order valence-electron chi connectivity index (χ2n) is 5.07. The van der Waals surface area contributed by atoms with Gasteiger partial charge in [0.2, 0.25) is 0 Å². The summed E-state index contributed by atoms with van der Waals surface area (Å²) >= 11 is 1.94. The number of thioether (sulfide) groups is 1. The molecule has 0 bridgehead atoms. The number of nitrogens with zero attached hydrogens (tertiary/aromatic N) is 1. The van der Waals surface area contributed by atoms with Crippen molar-refractivity contribution in [1.82, 2.24) is 4.57 Å². The van der Waals surface area contributed by atoms with E-state index < -0.39 is 0 Å². The first-order chi connectivity index (χ1) is 8.19. The van der Waals surface area contributed by atoms with E-state index in [1.54, 1.807) is 0 Å². The van der Waals surface area contributed by atoms with Crippen LogP contribution < -0.4 is 5.73 Å². The van der Waals surface area contributed by atoms with Crippen LogP contribution in [-0.4, -0.2) is 16.6 Å². The van der Waals surface area contributed by atoms with Crippen LogP contribution in [0.25, 0.3) is 0 Å². The van der Waals surface area contributed by atoms with Gasteiger partial charge in [0.15, 0.2) is 0 Å². The number of aromatic nitrogens is 1. The summed E-state index contributed by atoms with van der Waals surface area (Å²) in [4.78, 5) is 0. The van der Waals surface area contributed by atoms with Gasteiger partial charge in [-0.25, -0.2) is 0 Å². The molecule has 3 heteroatoms. The summed E-state index contributed by atoms with van der Waals surface area (Å²) in [6.45, 7) is 4.52. The maximum Gasteiger partial charge on any atom is 0.0423 e. The minimum absolute atomic E-state index is 0.269. The highest BCUT2D eigenvalue weighted by atomic mass is 32.2. The zero-order chi connectivity index (χ0) is 12.4. The van der Waals surface area contributed by atoms with E-state index in [0.717, 1.165) is 6.42 Å². The Bertz CT molecular complexity index is 384. The molecule has 17 heavy (non-hydrogen) atoms. The van der Waals surface area contributed by atoms with E-state index in [1.165, 1.54) is 42.0 Å². The maximum atomic E-state index is 6.23. The second kappa shape index (κ2) is 5.49. The molecule has 0 aliphatic heterocycles. The van der Waals surface area contributed by atoms with Crippen molar-refractivity contribution in [3.8, 4) is 0 Å². The lowest BCUT2D eigenvalue weighted by Crippen LogP contribution is -2.21. The molecule has 1 aromatic heterocycles. The highest BCUT2D eigenvalue weighted by Crippen LogP contribution is 2.34. The number of hydrogen-bond acceptors (Lipinski definition) is 2. The van der Waals surface area contributed by atoms with E-state index in [2.05, 4.69) is 30.7 Å². The Morgan fingerprint density at radius 1 is 1.59 bits per heavy atom. The molecule has 2 nitrogen and oxygen atoms in total. The Morgan fingerprint density at radius 2 is 2.35 bits per heavy atom. The maximum absolute atomic E-state index is 6.23. The number of hydrogen-bond donors (Lipinski definition) is 1. The van der Waals surface area contributed by atoms with Crippen LogP contribution in [0, 0.1) is 6.92 Å². The monoisotopic (exact) mass is 252 g/mol. The van der Waals surface area contributed by atoms with Crippen LogP contribution in [0.1, 0.15) is 55.2 Å². The van der Waals surface area contributed by atoms with Crippen molar-refractivity contribution in [2.24, 2.45) is 5.73 Å². The smallest absolute Gasteiger partial charge is 0.0423 e. The molecule has 0 amide bonds. The number of fused-ring (bicyclic) bond motifs is 1. The van der Waals surface area contributed by atoms with Crippen LogP contribution in [0.3, 0.4) is 0 Å². The van der Waals surface area contributed by atoms with E-state index in [0.29, 0.717) is 6.04 Å². The quantitative estimate of drug-likeness (QED) is 0.890. The fourth-order valence-electron chi connectivity index (χ4n) is 3.04. The van der Waals surface area contributed by atoms with Gasteiger partial charge in [-0.2, -0.15) is 11.8 Å². The summed E-state index contributed by atoms with van der Waals surface area (Å²) in [6.07, 6.45) is 7.00. The number of nitrogens with two attached hydrogens (primary N) is 1. The first-order valence-corrected chi connectivity index (χ1v) is 8.03. The van der Waals surface area contributed by atoms with Gasteiger partial charge in [0.05, 0.1) is 0 Å². The molecule has 0 saturated heterocycles. The Balaban J connectivity index is 2.39. The zero-order valence-electron chi connectivity index (χ0n) is 11.2. The van der Waals surface area contributed by atoms with Crippen LogP contribution in [-0.2, 0) is 6.42 Å². The zero-order valence-corrected chi connectivity index (χ0v) is 12.0. The third-order valence-electron chi connectivity index (χ3n) is 3.89. The van der Waals surface area contributed by atoms with Gasteiger partial charge in [0, 0.05) is 29.2 Å². The lowest BCUT2D eigenvalue weighted by atomic mass is 9.93. The van der Waals surface area contributed by atoms with E-state index in [9.17, 15) is 0 Å². The first kappa shape index (κ1) is 13.0. The summed E-state index contributed by atoms with van der Waals surface area (Å²) < 4.78 is 2.56. The van der Waals surface area contributed by atoms with Crippen LogP contribution >= 0.6 is 11.8 Å². The molecule has 2 atom stereocenters. The molecule has 2 rings (SSSR count). The SMILES string of the molecule is CCC(CSC)n1c(C)cc2c1CCCC2N. The van der Waals surface area contributed by atoms with Crippen molar-refractivity contribution in [2.75, 3.05) is 12.0 Å². The summed E-state index contributed by atoms with van der Waals surface area (Å²) in [5, 5.41) is 0. The molecule has 1 heterocycles. The Morgan fingerprint density at radius 3 is 3.00 bits per heavy atom. The highest BCUT2D eigenvalue weighted by molar-refractivity contribution is 7.98. The lowest BCUT2D eigenvalue weighted by molar-refractivity contribution is 0.481. The van der Waals surface area contributed by atoms with E-state index >= 15 is 0 Å². The van der Waals surface area contributed by atoms with Crippen molar-refractivity contribution in [3.05, 3.63) is 23.0 Å². The van der Waals surface area contributed by atoms with Crippen LogP contribution in [0.5, 0.6) is 0 Å². The molecule has 2 N–H and O–H groups in total. The van der Waals surface area contributed by atoms with Gasteiger partial charge in [-0.15, -0.1) is 0 Å². The van der Waals surface area contributed by atoms with Crippen LogP contribution in [0.15, 0.2) is 6.07 Å². The number of rotatable bonds is 4. The van der Waals surface area contributed by atoms with Crippen molar-refractivity contribution < 1.29 is 0 Å². The van der Waals surface area contributed by atoms with Gasteiger partial charge < -0.3 is 10.3 Å². The van der Waals surface area contributed by atoms with Gasteiger partial charge >= 0.3 is 0 Å². The topological polar surface area (TPSA) is 30.9 Å². The van der Waals surface area contributed by atoms with Crippen molar-refractivity contribution in [2.45, 2.75) is 51.6 Å². The third-order valence-corrected chi connectivity index (χ3v) is 4.61. The van der Waals surface area contributed by atoms with Gasteiger partial charge in [0.25, 0.3) is 0 Å². The molecule has 1 aliphatic rings. The normalized spacial score (nSPS) is 21.3. The first-order valence-electron chi connectivity index (χ1n) is 6.64. The van der Waals surface area contributed by atoms with Gasteiger partial charge in [-0.3, -0.25) is 0 Å². The minimum Gasteiger partial charge on any atom is -0.345 e. The van der Waals surface area contributed by atoms with Crippen LogP contribution in [0.2, 0.25) is 0 Å². The molecular formula is C14H24N2S. The molecule has 0 spiro atoms. The van der Waals surface area contributed by atoms with E-state index in [4.69, 9.17) is 5.73 Å². The molecule has 0 saturated carbocycles. The van der Waals surface area contributed by atoms with Crippen molar-refractivity contribution >= 4 is 11.8 Å². The molecule has 1 aliphatic carbocycles. The van der Waals surface area contributed by atoms with Crippen molar-refractivity contribution in [1.29, 1.82) is 0 Å². The average molecular weight is 252 g/mol. The summed E-state index contributed by atoms with van der Waals surface area (Å²) in [7, 11) is 0. The fourth-order valence-corrected chi connectivity index (χ4v) is 3.81. The molecule has 0 radical (unpaired) electrons. The standard InChI is InChI=1S/C14H24N2S/c1-4-11(9-17-3)16-10(2)8-12-13(15)6-5-7-14(12)16/h8,11,13H,4-7,9,15H2,1-3H3. The third kappa shape index (κ3) is 2.41. The van der Waals surface area contributed by atoms with Crippen molar-refractivity contribution in [3.63, 3.8) is 0 Å². The van der Waals surface area contributed by atoms with Gasteiger partial charge in [-0.05, 0) is 50.5 Å².